The number of pyridine rings is 3. The number of nitrogens with zero attached hydrogens (tertiary/aromatic N) is 4. The Morgan fingerprint density at radius 3 is 2.62 bits per heavy atom. The molecule has 0 amide bonds. The van der Waals surface area contributed by atoms with Crippen LogP contribution in [0.25, 0.3) is 38.5 Å². The van der Waals surface area contributed by atoms with Crippen molar-refractivity contribution in [2.45, 2.75) is 26.3 Å². The summed E-state index contributed by atoms with van der Waals surface area (Å²) in [6.45, 7) is 4.89. The van der Waals surface area contributed by atoms with Crippen LogP contribution in [-0.2, 0) is 18.3 Å². The molecule has 0 atom stereocenters. The summed E-state index contributed by atoms with van der Waals surface area (Å²) < 4.78 is 17.9. The minimum Gasteiger partial charge on any atom is -0.461 e. The maximum atomic E-state index is 12.6. The molecule has 7 rings (SSSR count). The second-order valence-electron chi connectivity index (χ2n) is 9.86. The van der Waals surface area contributed by atoms with Gasteiger partial charge in [0.25, 0.3) is 11.3 Å². The fraction of sp³-hybridized carbons (Fsp3) is 0.200. The highest BCUT2D eigenvalue weighted by atomic mass is 16.5. The molecule has 5 heterocycles. The molecule has 0 unspecified atom stereocenters. The van der Waals surface area contributed by atoms with Crippen molar-refractivity contribution >= 4 is 44.5 Å². The lowest BCUT2D eigenvalue weighted by molar-refractivity contribution is -0.698. The van der Waals surface area contributed by atoms with Crippen LogP contribution in [0, 0.1) is 0 Å². The van der Waals surface area contributed by atoms with E-state index in [1.165, 1.54) is 12.7 Å². The number of aromatic nitrogens is 4. The Bertz CT molecular complexity index is 1940. The smallest absolute Gasteiger partial charge is 0.403 e. The summed E-state index contributed by atoms with van der Waals surface area (Å²) in [6, 6.07) is 20.4. The molecule has 0 fully saturated rings. The van der Waals surface area contributed by atoms with E-state index in [-0.39, 0.29) is 0 Å². The molecule has 6 aromatic rings. The zero-order valence-corrected chi connectivity index (χ0v) is 21.1. The van der Waals surface area contributed by atoms with Crippen LogP contribution in [0.1, 0.15) is 41.4 Å². The van der Waals surface area contributed by atoms with E-state index in [0.717, 1.165) is 44.0 Å². The van der Waals surface area contributed by atoms with Gasteiger partial charge in [0.05, 0.1) is 42.9 Å². The van der Waals surface area contributed by atoms with Gasteiger partial charge in [-0.05, 0) is 35.7 Å². The first-order valence-corrected chi connectivity index (χ1v) is 12.4. The van der Waals surface area contributed by atoms with Gasteiger partial charge in [-0.2, -0.15) is 4.40 Å². The lowest BCUT2D eigenvalue weighted by Crippen LogP contribution is -2.44. The van der Waals surface area contributed by atoms with Crippen molar-refractivity contribution < 1.29 is 23.4 Å². The molecule has 0 saturated heterocycles. The fourth-order valence-electron chi connectivity index (χ4n) is 5.85. The Balaban J connectivity index is 1.70. The number of fused-ring (bicyclic) bond motifs is 11. The van der Waals surface area contributed by atoms with Gasteiger partial charge in [0.1, 0.15) is 10.9 Å². The third kappa shape index (κ3) is 2.88. The van der Waals surface area contributed by atoms with Crippen LogP contribution >= 0.6 is 0 Å². The number of rotatable bonds is 2. The molecule has 7 heteroatoms. The largest absolute Gasteiger partial charge is 0.461 e. The third-order valence-corrected chi connectivity index (χ3v) is 7.53. The van der Waals surface area contributed by atoms with E-state index in [1.54, 1.807) is 12.1 Å². The van der Waals surface area contributed by atoms with Gasteiger partial charge in [-0.25, -0.2) is 9.36 Å². The Hall–Kier alpha value is -4.52. The first kappa shape index (κ1) is 21.7. The average Bonchev–Trinajstić information content (AvgIpc) is 3.23. The Morgan fingerprint density at radius 1 is 1.03 bits per heavy atom. The Morgan fingerprint density at radius 2 is 1.81 bits per heavy atom. The van der Waals surface area contributed by atoms with Gasteiger partial charge in [0, 0.05) is 6.07 Å². The van der Waals surface area contributed by atoms with Gasteiger partial charge in [0.2, 0.25) is 0 Å². The van der Waals surface area contributed by atoms with Gasteiger partial charge < -0.3 is 9.47 Å². The number of hydrogen-bond acceptors (Lipinski definition) is 4. The number of carbonyl (C=O) groups is 1. The van der Waals surface area contributed by atoms with Crippen molar-refractivity contribution in [3.63, 3.8) is 0 Å². The SMILES string of the molecule is COC(=O)c1cccc2[n+]1Cc1c(cnc3c4c(C(C)C)cccc4n4c5ccccc5[n+](C)c4c13)O2. The lowest BCUT2D eigenvalue weighted by atomic mass is 9.95. The van der Waals surface area contributed by atoms with Crippen molar-refractivity contribution in [2.24, 2.45) is 7.05 Å². The molecule has 37 heavy (non-hydrogen) atoms. The van der Waals surface area contributed by atoms with Gasteiger partial charge in [0.15, 0.2) is 23.3 Å². The minimum absolute atomic E-state index is 0.315. The highest BCUT2D eigenvalue weighted by Crippen LogP contribution is 2.40. The summed E-state index contributed by atoms with van der Waals surface area (Å²) in [5.74, 6) is 1.20. The van der Waals surface area contributed by atoms with E-state index in [2.05, 4.69) is 72.3 Å². The maximum Gasteiger partial charge on any atom is 0.403 e. The zero-order valence-electron chi connectivity index (χ0n) is 21.1. The minimum atomic E-state index is -0.399. The highest BCUT2D eigenvalue weighted by molar-refractivity contribution is 6.13. The quantitative estimate of drug-likeness (QED) is 0.195. The summed E-state index contributed by atoms with van der Waals surface area (Å²) in [4.78, 5) is 17.6. The summed E-state index contributed by atoms with van der Waals surface area (Å²) in [5, 5.41) is 2.16. The molecule has 0 N–H and O–H groups in total. The Kier molecular flexibility index (Phi) is 4.55. The van der Waals surface area contributed by atoms with E-state index in [0.29, 0.717) is 29.8 Å². The maximum absolute atomic E-state index is 12.6. The lowest BCUT2D eigenvalue weighted by Gasteiger charge is -2.18. The van der Waals surface area contributed by atoms with Gasteiger partial charge in [-0.3, -0.25) is 4.98 Å². The molecular formula is C30H26N4O3+2. The Labute approximate surface area is 213 Å². The normalized spacial score (nSPS) is 12.8. The van der Waals surface area contributed by atoms with Crippen LogP contribution in [0.2, 0.25) is 0 Å². The number of methoxy groups -OCH3 is 1. The average molecular weight is 491 g/mol. The van der Waals surface area contributed by atoms with Crippen LogP contribution in [-0.4, -0.2) is 22.5 Å². The number of aryl methyl sites for hydroxylation is 1. The number of carbonyl (C=O) groups excluding carboxylic acids is 1. The van der Waals surface area contributed by atoms with Crippen molar-refractivity contribution in [3.8, 4) is 11.6 Å². The molecule has 0 spiro atoms. The van der Waals surface area contributed by atoms with Crippen LogP contribution in [0.4, 0.5) is 0 Å². The molecule has 0 bridgehead atoms. The second kappa shape index (κ2) is 7.74. The summed E-state index contributed by atoms with van der Waals surface area (Å²) >= 11 is 0. The standard InChI is InChI=1S/C30H26N4O3/c1-17(2)18-9-7-12-22-26(18)28-27(29-32(3)20-10-5-6-11-21(20)34(22)29)19-16-33-23(30(35)36-4)13-8-14-25(33)37-24(19)15-31-28/h5-15,17H,16H2,1-4H3/q+2. The van der Waals surface area contributed by atoms with E-state index in [9.17, 15) is 4.79 Å². The monoisotopic (exact) mass is 490 g/mol. The number of ether oxygens (including phenoxy) is 2. The van der Waals surface area contributed by atoms with Gasteiger partial charge in [-0.1, -0.05) is 38.1 Å². The summed E-state index contributed by atoms with van der Waals surface area (Å²) in [5.41, 5.74) is 8.04. The van der Waals surface area contributed by atoms with Crippen LogP contribution in [0.5, 0.6) is 11.6 Å². The first-order valence-electron chi connectivity index (χ1n) is 12.4. The molecule has 1 aliphatic heterocycles. The molecule has 2 aromatic carbocycles. The van der Waals surface area contributed by atoms with E-state index in [1.807, 2.05) is 16.8 Å². The number of imidazole rings is 1. The molecule has 0 radical (unpaired) electrons. The van der Waals surface area contributed by atoms with Crippen LogP contribution < -0.4 is 13.9 Å². The molecule has 182 valence electrons. The number of benzene rings is 2. The van der Waals surface area contributed by atoms with Crippen molar-refractivity contribution in [1.29, 1.82) is 0 Å². The van der Waals surface area contributed by atoms with E-state index in [4.69, 9.17) is 14.5 Å². The summed E-state index contributed by atoms with van der Waals surface area (Å²) in [6.07, 6.45) is 1.82. The molecule has 1 aliphatic rings. The summed E-state index contributed by atoms with van der Waals surface area (Å²) in [7, 11) is 3.49. The van der Waals surface area contributed by atoms with Crippen LogP contribution in [0.3, 0.4) is 0 Å². The van der Waals surface area contributed by atoms with Crippen molar-refractivity contribution in [2.75, 3.05) is 7.11 Å². The topological polar surface area (TPSA) is 60.6 Å². The number of para-hydroxylation sites is 2. The van der Waals surface area contributed by atoms with E-state index < -0.39 is 5.97 Å². The van der Waals surface area contributed by atoms with E-state index >= 15 is 0 Å². The van der Waals surface area contributed by atoms with Crippen molar-refractivity contribution in [3.05, 3.63) is 83.7 Å². The number of hydrogen-bond donors (Lipinski definition) is 0. The van der Waals surface area contributed by atoms with Gasteiger partial charge in [-0.15, -0.1) is 4.57 Å². The van der Waals surface area contributed by atoms with Crippen molar-refractivity contribution in [1.82, 2.24) is 9.38 Å². The molecule has 0 aliphatic carbocycles. The molecule has 7 nitrogen and oxygen atoms in total. The highest BCUT2D eigenvalue weighted by Gasteiger charge is 2.35. The molecular weight excluding hydrogens is 464 g/mol. The molecule has 0 saturated carbocycles. The predicted octanol–water partition coefficient (Wildman–Crippen LogP) is 4.97. The first-order chi connectivity index (χ1) is 18.0. The zero-order chi connectivity index (χ0) is 25.4. The molecule has 4 aromatic heterocycles. The number of esters is 1. The third-order valence-electron chi connectivity index (χ3n) is 7.53. The van der Waals surface area contributed by atoms with Gasteiger partial charge >= 0.3 is 11.8 Å². The second-order valence-corrected chi connectivity index (χ2v) is 9.86. The fourth-order valence-corrected chi connectivity index (χ4v) is 5.85. The predicted molar refractivity (Wildman–Crippen MR) is 140 cm³/mol. The van der Waals surface area contributed by atoms with Crippen LogP contribution in [0.15, 0.2) is 66.9 Å².